The van der Waals surface area contributed by atoms with E-state index in [9.17, 15) is 5.11 Å². The van der Waals surface area contributed by atoms with Crippen molar-refractivity contribution in [2.45, 2.75) is 65.9 Å². The third kappa shape index (κ3) is 5.41. The maximum absolute atomic E-state index is 10.7. The van der Waals surface area contributed by atoms with Gasteiger partial charge in [-0.1, -0.05) is 69.4 Å². The van der Waals surface area contributed by atoms with Gasteiger partial charge in [-0.2, -0.15) is 0 Å². The summed E-state index contributed by atoms with van der Waals surface area (Å²) >= 11 is 0. The highest BCUT2D eigenvalue weighted by Crippen LogP contribution is 2.23. The van der Waals surface area contributed by atoms with Crippen molar-refractivity contribution in [3.8, 4) is 11.8 Å². The molecule has 1 nitrogen and oxygen atoms in total. The van der Waals surface area contributed by atoms with Crippen LogP contribution in [0.5, 0.6) is 0 Å². The minimum atomic E-state index is -0.888. The quantitative estimate of drug-likeness (QED) is 0.536. The number of aryl methyl sites for hydroxylation is 2. The molecule has 0 saturated carbocycles. The lowest BCUT2D eigenvalue weighted by molar-refractivity contribution is 0.0807. The molecule has 0 aliphatic carbocycles. The molecule has 0 heterocycles. The second kappa shape index (κ2) is 8.75. The molecule has 0 spiro atoms. The molecule has 0 aromatic heterocycles. The first-order valence-electron chi connectivity index (χ1n) is 8.53. The third-order valence-corrected chi connectivity index (χ3v) is 4.31. The summed E-state index contributed by atoms with van der Waals surface area (Å²) in [5.74, 6) is 6.28. The largest absolute Gasteiger partial charge is 0.378 e. The molecular formula is C22H30O. The van der Waals surface area contributed by atoms with Crippen molar-refractivity contribution in [2.24, 2.45) is 0 Å². The summed E-state index contributed by atoms with van der Waals surface area (Å²) in [4.78, 5) is 0. The van der Waals surface area contributed by atoms with Crippen LogP contribution in [0, 0.1) is 25.7 Å². The molecule has 0 amide bonds. The number of rotatable bonds is 6. The Morgan fingerprint density at radius 1 is 1.17 bits per heavy atom. The van der Waals surface area contributed by atoms with Gasteiger partial charge in [0.05, 0.1) is 0 Å². The van der Waals surface area contributed by atoms with E-state index in [0.29, 0.717) is 12.8 Å². The van der Waals surface area contributed by atoms with Crippen LogP contribution < -0.4 is 0 Å². The van der Waals surface area contributed by atoms with Gasteiger partial charge in [-0.15, -0.1) is 0 Å². The number of hydrogen-bond donors (Lipinski definition) is 1. The van der Waals surface area contributed by atoms with Gasteiger partial charge >= 0.3 is 0 Å². The van der Waals surface area contributed by atoms with Crippen LogP contribution in [0.2, 0.25) is 0 Å². The Balaban J connectivity index is 3.23. The molecule has 0 aliphatic heterocycles. The van der Waals surface area contributed by atoms with Gasteiger partial charge in [0.25, 0.3) is 0 Å². The van der Waals surface area contributed by atoms with Crippen LogP contribution >= 0.6 is 0 Å². The number of aliphatic hydroxyl groups is 1. The normalized spacial score (nSPS) is 12.3. The molecule has 0 bridgehead atoms. The average Bonchev–Trinajstić information content (AvgIpc) is 2.51. The smallest absolute Gasteiger partial charge is 0.125 e. The molecule has 0 radical (unpaired) electrons. The van der Waals surface area contributed by atoms with Crippen molar-refractivity contribution in [3.05, 3.63) is 53.1 Å². The minimum Gasteiger partial charge on any atom is -0.378 e. The van der Waals surface area contributed by atoms with Crippen molar-refractivity contribution in [1.82, 2.24) is 0 Å². The van der Waals surface area contributed by atoms with Crippen LogP contribution in [0.1, 0.15) is 63.1 Å². The number of allylic oxidation sites excluding steroid dienone is 3. The summed E-state index contributed by atoms with van der Waals surface area (Å²) in [5, 5.41) is 10.7. The zero-order valence-electron chi connectivity index (χ0n) is 15.3. The fourth-order valence-electron chi connectivity index (χ4n) is 2.69. The molecule has 124 valence electrons. The van der Waals surface area contributed by atoms with Gasteiger partial charge in [-0.05, 0) is 55.9 Å². The zero-order chi connectivity index (χ0) is 17.5. The van der Waals surface area contributed by atoms with Crippen molar-refractivity contribution in [2.75, 3.05) is 0 Å². The Morgan fingerprint density at radius 3 is 2.26 bits per heavy atom. The SMILES string of the molecule is C=CC(C#CC(O)(CCC)CCC)=C(C)c1ccc(C)c(C)c1. The molecule has 1 rings (SSSR count). The minimum absolute atomic E-state index is 0.709. The lowest BCUT2D eigenvalue weighted by Crippen LogP contribution is -2.25. The Kier molecular flexibility index (Phi) is 7.33. The fraction of sp³-hybridized carbons (Fsp3) is 0.455. The van der Waals surface area contributed by atoms with Crippen LogP contribution in [0.25, 0.3) is 5.57 Å². The standard InChI is InChI=1S/C22H30O/c1-7-13-22(23,14-8-2)15-12-20(9-3)19(6)21-11-10-17(4)18(5)16-21/h9-11,16,23H,3,7-8,13-14H2,1-2,4-6H3. The topological polar surface area (TPSA) is 20.2 Å². The van der Waals surface area contributed by atoms with E-state index in [2.05, 4.69) is 71.2 Å². The molecule has 0 aliphatic rings. The van der Waals surface area contributed by atoms with Crippen LogP contribution in [0.4, 0.5) is 0 Å². The molecule has 0 saturated heterocycles. The van der Waals surface area contributed by atoms with E-state index in [4.69, 9.17) is 0 Å². The molecule has 0 atom stereocenters. The summed E-state index contributed by atoms with van der Waals surface area (Å²) in [7, 11) is 0. The summed E-state index contributed by atoms with van der Waals surface area (Å²) in [5.41, 5.74) is 4.82. The van der Waals surface area contributed by atoms with Crippen molar-refractivity contribution < 1.29 is 5.11 Å². The Morgan fingerprint density at radius 2 is 1.78 bits per heavy atom. The van der Waals surface area contributed by atoms with Gasteiger partial charge in [0.2, 0.25) is 0 Å². The van der Waals surface area contributed by atoms with Gasteiger partial charge in [0, 0.05) is 5.57 Å². The molecule has 23 heavy (non-hydrogen) atoms. The van der Waals surface area contributed by atoms with E-state index in [-0.39, 0.29) is 0 Å². The molecule has 0 fully saturated rings. The first-order chi connectivity index (χ1) is 10.9. The maximum atomic E-state index is 10.7. The van der Waals surface area contributed by atoms with E-state index >= 15 is 0 Å². The van der Waals surface area contributed by atoms with E-state index in [1.807, 2.05) is 0 Å². The van der Waals surface area contributed by atoms with Crippen LogP contribution in [-0.4, -0.2) is 10.7 Å². The van der Waals surface area contributed by atoms with Gasteiger partial charge < -0.3 is 5.11 Å². The van der Waals surface area contributed by atoms with Crippen molar-refractivity contribution >= 4 is 5.57 Å². The van der Waals surface area contributed by atoms with Crippen LogP contribution in [0.15, 0.2) is 36.4 Å². The molecule has 1 aromatic carbocycles. The first kappa shape index (κ1) is 19.3. The van der Waals surface area contributed by atoms with E-state index in [0.717, 1.165) is 29.6 Å². The Bertz CT molecular complexity index is 632. The summed E-state index contributed by atoms with van der Waals surface area (Å²) in [6.45, 7) is 14.3. The highest BCUT2D eigenvalue weighted by atomic mass is 16.3. The highest BCUT2D eigenvalue weighted by Gasteiger charge is 2.21. The zero-order valence-corrected chi connectivity index (χ0v) is 15.3. The van der Waals surface area contributed by atoms with Gasteiger partial charge in [0.15, 0.2) is 0 Å². The number of benzene rings is 1. The fourth-order valence-corrected chi connectivity index (χ4v) is 2.69. The van der Waals surface area contributed by atoms with Crippen LogP contribution in [0.3, 0.4) is 0 Å². The summed E-state index contributed by atoms with van der Waals surface area (Å²) in [6.07, 6.45) is 5.06. The van der Waals surface area contributed by atoms with E-state index in [1.54, 1.807) is 6.08 Å². The number of hydrogen-bond acceptors (Lipinski definition) is 1. The molecule has 0 unspecified atom stereocenters. The second-order valence-corrected chi connectivity index (χ2v) is 6.32. The molecular weight excluding hydrogens is 280 g/mol. The summed E-state index contributed by atoms with van der Waals surface area (Å²) in [6, 6.07) is 6.43. The van der Waals surface area contributed by atoms with Gasteiger partial charge in [0.1, 0.15) is 5.60 Å². The summed E-state index contributed by atoms with van der Waals surface area (Å²) < 4.78 is 0. The second-order valence-electron chi connectivity index (χ2n) is 6.32. The van der Waals surface area contributed by atoms with Gasteiger partial charge in [-0.3, -0.25) is 0 Å². The van der Waals surface area contributed by atoms with Crippen molar-refractivity contribution in [1.29, 1.82) is 0 Å². The monoisotopic (exact) mass is 310 g/mol. The first-order valence-corrected chi connectivity index (χ1v) is 8.53. The lowest BCUT2D eigenvalue weighted by atomic mass is 9.92. The molecule has 1 N–H and O–H groups in total. The van der Waals surface area contributed by atoms with Gasteiger partial charge in [-0.25, -0.2) is 0 Å². The van der Waals surface area contributed by atoms with E-state index in [1.165, 1.54) is 11.1 Å². The molecule has 1 aromatic rings. The highest BCUT2D eigenvalue weighted by molar-refractivity contribution is 5.74. The Labute approximate surface area is 142 Å². The predicted molar refractivity (Wildman–Crippen MR) is 101 cm³/mol. The Hall–Kier alpha value is -1.78. The predicted octanol–water partition coefficient (Wildman–Crippen LogP) is 5.60. The average molecular weight is 310 g/mol. The maximum Gasteiger partial charge on any atom is 0.125 e. The molecule has 1 heteroatoms. The lowest BCUT2D eigenvalue weighted by Gasteiger charge is -2.20. The van der Waals surface area contributed by atoms with Crippen molar-refractivity contribution in [3.63, 3.8) is 0 Å². The van der Waals surface area contributed by atoms with Crippen LogP contribution in [-0.2, 0) is 0 Å². The van der Waals surface area contributed by atoms with E-state index < -0.39 is 5.60 Å². The third-order valence-electron chi connectivity index (χ3n) is 4.31.